The largest absolute Gasteiger partial charge is 0.354 e. The number of nitrogens with zero attached hydrogens (tertiary/aromatic N) is 4. The zero-order chi connectivity index (χ0) is 18.5. The Morgan fingerprint density at radius 1 is 0.741 bits per heavy atom. The molecule has 0 bridgehead atoms. The standard InChI is InChI=1S/C22H19N5/c1-17-22(16-27(26-17)19-12-6-3-7-13-19)25-24-21-15-9-8-14-20(21)23-18-10-4-2-5-11-18/h2-16,23H,1H3. The molecule has 4 rings (SSSR count). The van der Waals surface area contributed by atoms with Gasteiger partial charge in [-0.15, -0.1) is 10.2 Å². The van der Waals surface area contributed by atoms with Gasteiger partial charge in [-0.05, 0) is 43.3 Å². The van der Waals surface area contributed by atoms with Crippen LogP contribution in [0.15, 0.2) is 101 Å². The number of anilines is 2. The average Bonchev–Trinajstić information content (AvgIpc) is 3.09. The first-order chi connectivity index (χ1) is 13.3. The van der Waals surface area contributed by atoms with E-state index in [1.807, 2.05) is 103 Å². The third-order valence-electron chi connectivity index (χ3n) is 4.12. The molecule has 1 heterocycles. The van der Waals surface area contributed by atoms with Crippen LogP contribution in [0.5, 0.6) is 0 Å². The fourth-order valence-corrected chi connectivity index (χ4v) is 2.71. The number of hydrogen-bond donors (Lipinski definition) is 1. The molecule has 3 aromatic carbocycles. The fraction of sp³-hybridized carbons (Fsp3) is 0.0455. The lowest BCUT2D eigenvalue weighted by atomic mass is 10.2. The highest BCUT2D eigenvalue weighted by atomic mass is 15.3. The van der Waals surface area contributed by atoms with Gasteiger partial charge in [-0.25, -0.2) is 4.68 Å². The van der Waals surface area contributed by atoms with Gasteiger partial charge in [0.25, 0.3) is 0 Å². The van der Waals surface area contributed by atoms with Gasteiger partial charge in [-0.3, -0.25) is 0 Å². The SMILES string of the molecule is Cc1nn(-c2ccccc2)cc1N=Nc1ccccc1Nc1ccccc1. The van der Waals surface area contributed by atoms with Gasteiger partial charge in [0.05, 0.1) is 23.3 Å². The molecule has 0 unspecified atom stereocenters. The molecular weight excluding hydrogens is 334 g/mol. The summed E-state index contributed by atoms with van der Waals surface area (Å²) in [6.45, 7) is 1.93. The second kappa shape index (κ2) is 7.66. The Kier molecular flexibility index (Phi) is 4.74. The molecule has 0 fully saturated rings. The number of aromatic nitrogens is 2. The van der Waals surface area contributed by atoms with Crippen molar-refractivity contribution in [2.75, 3.05) is 5.32 Å². The smallest absolute Gasteiger partial charge is 0.127 e. The summed E-state index contributed by atoms with van der Waals surface area (Å²) in [5, 5.41) is 16.8. The van der Waals surface area contributed by atoms with Crippen molar-refractivity contribution < 1.29 is 0 Å². The molecule has 27 heavy (non-hydrogen) atoms. The van der Waals surface area contributed by atoms with E-state index in [1.165, 1.54) is 0 Å². The van der Waals surface area contributed by atoms with Crippen molar-refractivity contribution in [1.82, 2.24) is 9.78 Å². The Morgan fingerprint density at radius 3 is 2.15 bits per heavy atom. The molecule has 4 aromatic rings. The number of rotatable bonds is 5. The monoisotopic (exact) mass is 353 g/mol. The van der Waals surface area contributed by atoms with Crippen molar-refractivity contribution in [3.63, 3.8) is 0 Å². The molecule has 0 spiro atoms. The van der Waals surface area contributed by atoms with E-state index in [-0.39, 0.29) is 0 Å². The van der Waals surface area contributed by atoms with Gasteiger partial charge >= 0.3 is 0 Å². The van der Waals surface area contributed by atoms with E-state index >= 15 is 0 Å². The first-order valence-electron chi connectivity index (χ1n) is 8.74. The van der Waals surface area contributed by atoms with E-state index in [0.29, 0.717) is 0 Å². The predicted molar refractivity (Wildman–Crippen MR) is 109 cm³/mol. The molecule has 0 atom stereocenters. The summed E-state index contributed by atoms with van der Waals surface area (Å²) in [5.74, 6) is 0. The third-order valence-corrected chi connectivity index (χ3v) is 4.12. The highest BCUT2D eigenvalue weighted by Crippen LogP contribution is 2.30. The van der Waals surface area contributed by atoms with Crippen LogP contribution >= 0.6 is 0 Å². The fourth-order valence-electron chi connectivity index (χ4n) is 2.71. The lowest BCUT2D eigenvalue weighted by Gasteiger charge is -2.08. The highest BCUT2D eigenvalue weighted by molar-refractivity contribution is 5.71. The van der Waals surface area contributed by atoms with Gasteiger partial charge in [-0.1, -0.05) is 48.5 Å². The molecule has 0 amide bonds. The number of nitrogens with one attached hydrogen (secondary N) is 1. The Labute approximate surface area is 158 Å². The Morgan fingerprint density at radius 2 is 1.37 bits per heavy atom. The maximum Gasteiger partial charge on any atom is 0.127 e. The summed E-state index contributed by atoms with van der Waals surface area (Å²) in [6, 6.07) is 27.8. The summed E-state index contributed by atoms with van der Waals surface area (Å²) in [5.41, 5.74) is 5.25. The third kappa shape index (κ3) is 3.93. The van der Waals surface area contributed by atoms with Gasteiger partial charge in [0.15, 0.2) is 0 Å². The second-order valence-corrected chi connectivity index (χ2v) is 6.09. The zero-order valence-electron chi connectivity index (χ0n) is 14.9. The van der Waals surface area contributed by atoms with Crippen LogP contribution < -0.4 is 5.32 Å². The number of para-hydroxylation sites is 3. The Hall–Kier alpha value is -3.73. The Balaban J connectivity index is 1.60. The quantitative estimate of drug-likeness (QED) is 0.426. The molecule has 0 aliphatic heterocycles. The molecule has 0 aliphatic rings. The summed E-state index contributed by atoms with van der Waals surface area (Å²) in [7, 11) is 0. The van der Waals surface area contributed by atoms with Crippen LogP contribution in [0, 0.1) is 6.92 Å². The first-order valence-corrected chi connectivity index (χ1v) is 8.74. The van der Waals surface area contributed by atoms with E-state index in [4.69, 9.17) is 0 Å². The van der Waals surface area contributed by atoms with E-state index < -0.39 is 0 Å². The molecule has 5 heteroatoms. The lowest BCUT2D eigenvalue weighted by Crippen LogP contribution is -1.93. The summed E-state index contributed by atoms with van der Waals surface area (Å²) in [4.78, 5) is 0. The second-order valence-electron chi connectivity index (χ2n) is 6.09. The maximum absolute atomic E-state index is 4.53. The van der Waals surface area contributed by atoms with Crippen molar-refractivity contribution >= 4 is 22.7 Å². The van der Waals surface area contributed by atoms with Crippen LogP contribution in [0.4, 0.5) is 22.7 Å². The molecule has 5 nitrogen and oxygen atoms in total. The predicted octanol–water partition coefficient (Wildman–Crippen LogP) is 6.34. The van der Waals surface area contributed by atoms with Gasteiger partial charge in [0, 0.05) is 5.69 Å². The van der Waals surface area contributed by atoms with E-state index in [1.54, 1.807) is 0 Å². The van der Waals surface area contributed by atoms with Crippen LogP contribution in [0.25, 0.3) is 5.69 Å². The minimum absolute atomic E-state index is 0.744. The summed E-state index contributed by atoms with van der Waals surface area (Å²) >= 11 is 0. The van der Waals surface area contributed by atoms with Gasteiger partial charge in [0.1, 0.15) is 11.4 Å². The van der Waals surface area contributed by atoms with Crippen LogP contribution in [0.1, 0.15) is 5.69 Å². The van der Waals surface area contributed by atoms with Gasteiger partial charge < -0.3 is 5.32 Å². The molecule has 132 valence electrons. The average molecular weight is 353 g/mol. The number of hydrogen-bond acceptors (Lipinski definition) is 4. The van der Waals surface area contributed by atoms with Gasteiger partial charge in [0.2, 0.25) is 0 Å². The minimum atomic E-state index is 0.744. The highest BCUT2D eigenvalue weighted by Gasteiger charge is 2.06. The molecule has 0 radical (unpaired) electrons. The molecule has 1 aromatic heterocycles. The van der Waals surface area contributed by atoms with Gasteiger partial charge in [-0.2, -0.15) is 5.10 Å². The van der Waals surface area contributed by atoms with Crippen LogP contribution in [0.2, 0.25) is 0 Å². The normalized spacial score (nSPS) is 11.0. The van der Waals surface area contributed by atoms with Crippen LogP contribution in [-0.4, -0.2) is 9.78 Å². The number of aryl methyl sites for hydroxylation is 1. The first kappa shape index (κ1) is 16.7. The molecule has 1 N–H and O–H groups in total. The molecule has 0 saturated carbocycles. The van der Waals surface area contributed by atoms with Crippen molar-refractivity contribution in [3.05, 3.63) is 96.8 Å². The number of benzene rings is 3. The topological polar surface area (TPSA) is 54.6 Å². The van der Waals surface area contributed by atoms with Crippen molar-refractivity contribution in [1.29, 1.82) is 0 Å². The van der Waals surface area contributed by atoms with Crippen LogP contribution in [-0.2, 0) is 0 Å². The summed E-state index contributed by atoms with van der Waals surface area (Å²) < 4.78 is 1.82. The molecule has 0 saturated heterocycles. The molecular formula is C22H19N5. The van der Waals surface area contributed by atoms with E-state index in [2.05, 4.69) is 20.6 Å². The van der Waals surface area contributed by atoms with E-state index in [9.17, 15) is 0 Å². The Bertz CT molecular complexity index is 1050. The van der Waals surface area contributed by atoms with E-state index in [0.717, 1.165) is 34.1 Å². The van der Waals surface area contributed by atoms with Crippen molar-refractivity contribution in [3.8, 4) is 5.69 Å². The molecule has 0 aliphatic carbocycles. The van der Waals surface area contributed by atoms with Crippen molar-refractivity contribution in [2.45, 2.75) is 6.92 Å². The zero-order valence-corrected chi connectivity index (χ0v) is 14.9. The number of azo groups is 1. The minimum Gasteiger partial charge on any atom is -0.354 e. The lowest BCUT2D eigenvalue weighted by molar-refractivity contribution is 0.863. The van der Waals surface area contributed by atoms with Crippen LogP contribution in [0.3, 0.4) is 0 Å². The van der Waals surface area contributed by atoms with Crippen molar-refractivity contribution in [2.24, 2.45) is 10.2 Å². The summed E-state index contributed by atoms with van der Waals surface area (Å²) in [6.07, 6.45) is 1.89. The maximum atomic E-state index is 4.53.